The van der Waals surface area contributed by atoms with Gasteiger partial charge in [-0.2, -0.15) is 0 Å². The first-order valence-corrected chi connectivity index (χ1v) is 9.24. The molecule has 0 radical (unpaired) electrons. The summed E-state index contributed by atoms with van der Waals surface area (Å²) in [6, 6.07) is 22.3. The number of hydrazine groups is 1. The molecule has 3 aromatic rings. The first kappa shape index (κ1) is 20.6. The third-order valence-corrected chi connectivity index (χ3v) is 4.28. The van der Waals surface area contributed by atoms with Crippen molar-refractivity contribution in [1.82, 2.24) is 10.9 Å². The second kappa shape index (κ2) is 9.88. The van der Waals surface area contributed by atoms with Crippen LogP contribution in [0.5, 0.6) is 5.75 Å². The van der Waals surface area contributed by atoms with Gasteiger partial charge < -0.3 is 10.1 Å². The van der Waals surface area contributed by atoms with Crippen molar-refractivity contribution < 1.29 is 19.1 Å². The van der Waals surface area contributed by atoms with Gasteiger partial charge in [-0.15, -0.1) is 0 Å². The Morgan fingerprint density at radius 3 is 1.97 bits per heavy atom. The van der Waals surface area contributed by atoms with Crippen molar-refractivity contribution >= 4 is 23.4 Å². The first-order chi connectivity index (χ1) is 14.5. The molecule has 152 valence electrons. The average Bonchev–Trinajstić information content (AvgIpc) is 2.78. The van der Waals surface area contributed by atoms with Crippen LogP contribution in [-0.4, -0.2) is 24.8 Å². The molecular weight excluding hydrogens is 382 g/mol. The highest BCUT2D eigenvalue weighted by atomic mass is 16.5. The topological polar surface area (TPSA) is 96.5 Å². The van der Waals surface area contributed by atoms with E-state index in [1.54, 1.807) is 55.6 Å². The van der Waals surface area contributed by atoms with Gasteiger partial charge in [-0.1, -0.05) is 30.3 Å². The number of ether oxygens (including phenoxy) is 1. The summed E-state index contributed by atoms with van der Waals surface area (Å²) in [5.41, 5.74) is 6.99. The summed E-state index contributed by atoms with van der Waals surface area (Å²) in [6.45, 7) is 0. The smallest absolute Gasteiger partial charge is 0.269 e. The maximum absolute atomic E-state index is 12.3. The summed E-state index contributed by atoms with van der Waals surface area (Å²) < 4.78 is 5.07. The molecule has 0 aliphatic rings. The molecule has 0 spiro atoms. The number of nitrogens with one attached hydrogen (secondary N) is 3. The first-order valence-electron chi connectivity index (χ1n) is 9.24. The lowest BCUT2D eigenvalue weighted by Crippen LogP contribution is -2.42. The molecule has 0 atom stereocenters. The van der Waals surface area contributed by atoms with Crippen molar-refractivity contribution in [3.63, 3.8) is 0 Å². The molecule has 0 saturated heterocycles. The molecule has 7 heteroatoms. The minimum absolute atomic E-state index is 0.164. The summed E-state index contributed by atoms with van der Waals surface area (Å²) in [4.78, 5) is 36.4. The van der Waals surface area contributed by atoms with Gasteiger partial charge in [-0.25, -0.2) is 0 Å². The molecule has 3 N–H and O–H groups in total. The van der Waals surface area contributed by atoms with Crippen LogP contribution in [0.15, 0.2) is 78.9 Å². The van der Waals surface area contributed by atoms with Gasteiger partial charge in [0.2, 0.25) is 5.91 Å². The fraction of sp³-hybridized carbons (Fsp3) is 0.0870. The zero-order valence-corrected chi connectivity index (χ0v) is 16.3. The van der Waals surface area contributed by atoms with E-state index < -0.39 is 5.91 Å². The predicted octanol–water partition coefficient (Wildman–Crippen LogP) is 2.95. The van der Waals surface area contributed by atoms with Crippen LogP contribution in [0.25, 0.3) is 0 Å². The number of anilines is 1. The second-order valence-electron chi connectivity index (χ2n) is 6.42. The van der Waals surface area contributed by atoms with Gasteiger partial charge >= 0.3 is 0 Å². The van der Waals surface area contributed by atoms with E-state index in [2.05, 4.69) is 16.2 Å². The molecule has 0 bridgehead atoms. The van der Waals surface area contributed by atoms with Crippen molar-refractivity contribution in [3.8, 4) is 5.75 Å². The highest BCUT2D eigenvalue weighted by Crippen LogP contribution is 2.14. The molecule has 0 aliphatic heterocycles. The number of hydrogen-bond donors (Lipinski definition) is 3. The number of rotatable bonds is 6. The van der Waals surface area contributed by atoms with Crippen molar-refractivity contribution in [2.24, 2.45) is 0 Å². The molecule has 3 aromatic carbocycles. The standard InChI is InChI=1S/C23H21N3O4/c1-30-20-13-9-17(10-14-20)22(28)24-19-11-7-18(8-12-19)23(29)26-25-21(27)15-16-5-3-2-4-6-16/h2-14H,15H2,1H3,(H,24,28)(H,25,27)(H,26,29). The Bertz CT molecular complexity index is 1020. The SMILES string of the molecule is COc1ccc(C(=O)Nc2ccc(C(=O)NNC(=O)Cc3ccccc3)cc2)cc1. The van der Waals surface area contributed by atoms with Crippen molar-refractivity contribution in [1.29, 1.82) is 0 Å². The number of amides is 3. The summed E-state index contributed by atoms with van der Waals surface area (Å²) in [5, 5.41) is 2.76. The summed E-state index contributed by atoms with van der Waals surface area (Å²) >= 11 is 0. The van der Waals surface area contributed by atoms with Crippen LogP contribution in [0.1, 0.15) is 26.3 Å². The van der Waals surface area contributed by atoms with Crippen LogP contribution >= 0.6 is 0 Å². The van der Waals surface area contributed by atoms with E-state index in [0.717, 1.165) is 5.56 Å². The largest absolute Gasteiger partial charge is 0.497 e. The normalized spacial score (nSPS) is 10.0. The Labute approximate surface area is 174 Å². The van der Waals surface area contributed by atoms with Crippen molar-refractivity contribution in [3.05, 3.63) is 95.6 Å². The fourth-order valence-corrected chi connectivity index (χ4v) is 2.67. The summed E-state index contributed by atoms with van der Waals surface area (Å²) in [5.74, 6) is -0.386. The van der Waals surface area contributed by atoms with E-state index in [0.29, 0.717) is 22.6 Å². The number of carbonyl (C=O) groups is 3. The average molecular weight is 403 g/mol. The Kier molecular flexibility index (Phi) is 6.78. The highest BCUT2D eigenvalue weighted by Gasteiger charge is 2.10. The van der Waals surface area contributed by atoms with E-state index in [9.17, 15) is 14.4 Å². The van der Waals surface area contributed by atoms with Gasteiger partial charge in [0.15, 0.2) is 0 Å². The Morgan fingerprint density at radius 2 is 1.33 bits per heavy atom. The van der Waals surface area contributed by atoms with E-state index in [-0.39, 0.29) is 18.2 Å². The van der Waals surface area contributed by atoms with Gasteiger partial charge in [0.25, 0.3) is 11.8 Å². The van der Waals surface area contributed by atoms with Crippen LogP contribution in [0, 0.1) is 0 Å². The lowest BCUT2D eigenvalue weighted by Gasteiger charge is -2.09. The maximum Gasteiger partial charge on any atom is 0.269 e. The molecule has 7 nitrogen and oxygen atoms in total. The molecule has 3 rings (SSSR count). The Balaban J connectivity index is 1.51. The molecule has 0 saturated carbocycles. The number of hydrogen-bond acceptors (Lipinski definition) is 4. The lowest BCUT2D eigenvalue weighted by molar-refractivity contribution is -0.121. The molecule has 30 heavy (non-hydrogen) atoms. The van der Waals surface area contributed by atoms with Gasteiger partial charge in [-0.3, -0.25) is 25.2 Å². The maximum atomic E-state index is 12.3. The molecule has 0 aromatic heterocycles. The van der Waals surface area contributed by atoms with E-state index in [4.69, 9.17) is 4.74 Å². The predicted molar refractivity (Wildman–Crippen MR) is 113 cm³/mol. The zero-order chi connectivity index (χ0) is 21.3. The molecule has 0 heterocycles. The minimum Gasteiger partial charge on any atom is -0.497 e. The van der Waals surface area contributed by atoms with Gasteiger partial charge in [0.05, 0.1) is 13.5 Å². The number of benzene rings is 3. The van der Waals surface area contributed by atoms with E-state index >= 15 is 0 Å². The Hall–Kier alpha value is -4.13. The summed E-state index contributed by atoms with van der Waals surface area (Å²) in [6.07, 6.45) is 0.164. The number of methoxy groups -OCH3 is 1. The van der Waals surface area contributed by atoms with Gasteiger partial charge in [0.1, 0.15) is 5.75 Å². The Morgan fingerprint density at radius 1 is 0.733 bits per heavy atom. The highest BCUT2D eigenvalue weighted by molar-refractivity contribution is 6.04. The third kappa shape index (κ3) is 5.68. The van der Waals surface area contributed by atoms with Crippen LogP contribution in [-0.2, 0) is 11.2 Å². The molecule has 0 fully saturated rings. The van der Waals surface area contributed by atoms with Crippen LogP contribution < -0.4 is 20.9 Å². The van der Waals surface area contributed by atoms with Crippen LogP contribution in [0.4, 0.5) is 5.69 Å². The van der Waals surface area contributed by atoms with Crippen molar-refractivity contribution in [2.45, 2.75) is 6.42 Å². The minimum atomic E-state index is -0.454. The van der Waals surface area contributed by atoms with Gasteiger partial charge in [-0.05, 0) is 54.1 Å². The van der Waals surface area contributed by atoms with Gasteiger partial charge in [0, 0.05) is 16.8 Å². The molecule has 0 aliphatic carbocycles. The summed E-state index contributed by atoms with van der Waals surface area (Å²) in [7, 11) is 1.56. The van der Waals surface area contributed by atoms with E-state index in [1.165, 1.54) is 0 Å². The molecule has 3 amide bonds. The molecular formula is C23H21N3O4. The van der Waals surface area contributed by atoms with Crippen LogP contribution in [0.3, 0.4) is 0 Å². The second-order valence-corrected chi connectivity index (χ2v) is 6.42. The molecule has 0 unspecified atom stereocenters. The van der Waals surface area contributed by atoms with Crippen LogP contribution in [0.2, 0.25) is 0 Å². The van der Waals surface area contributed by atoms with E-state index in [1.807, 2.05) is 30.3 Å². The number of carbonyl (C=O) groups excluding carboxylic acids is 3. The fourth-order valence-electron chi connectivity index (χ4n) is 2.67. The third-order valence-electron chi connectivity index (χ3n) is 4.28. The zero-order valence-electron chi connectivity index (χ0n) is 16.3. The monoisotopic (exact) mass is 403 g/mol. The lowest BCUT2D eigenvalue weighted by atomic mass is 10.1. The quantitative estimate of drug-likeness (QED) is 0.552. The van der Waals surface area contributed by atoms with Crippen molar-refractivity contribution in [2.75, 3.05) is 12.4 Å².